The minimum Gasteiger partial charge on any atom is -0.387 e. The zero-order chi connectivity index (χ0) is 11.7. The van der Waals surface area contributed by atoms with Crippen molar-refractivity contribution in [3.05, 3.63) is 35.0 Å². The van der Waals surface area contributed by atoms with Crippen LogP contribution < -0.4 is 5.32 Å². The summed E-state index contributed by atoms with van der Waals surface area (Å²) in [4.78, 5) is 0. The molecule has 3 nitrogen and oxygen atoms in total. The van der Waals surface area contributed by atoms with E-state index in [1.54, 1.807) is 0 Å². The Hall–Kier alpha value is -1.03. The Morgan fingerprint density at radius 1 is 1.50 bits per heavy atom. The van der Waals surface area contributed by atoms with Crippen LogP contribution in [0.15, 0.2) is 24.4 Å². The highest BCUT2D eigenvalue weighted by molar-refractivity contribution is 6.31. The average molecular weight is 239 g/mol. The van der Waals surface area contributed by atoms with Crippen LogP contribution in [0.25, 0.3) is 10.9 Å². The fourth-order valence-electron chi connectivity index (χ4n) is 1.96. The maximum absolute atomic E-state index is 9.99. The molecule has 1 heterocycles. The first-order chi connectivity index (χ1) is 7.63. The van der Waals surface area contributed by atoms with Crippen LogP contribution in [0, 0.1) is 0 Å². The topological polar surface area (TPSA) is 37.2 Å². The summed E-state index contributed by atoms with van der Waals surface area (Å²) in [6.07, 6.45) is 1.46. The molecule has 0 aliphatic heterocycles. The molecule has 1 atom stereocenters. The lowest BCUT2D eigenvalue weighted by Gasteiger charge is -2.08. The van der Waals surface area contributed by atoms with Gasteiger partial charge in [0.1, 0.15) is 0 Å². The molecular weight excluding hydrogens is 224 g/mol. The van der Waals surface area contributed by atoms with Crippen LogP contribution in [0.4, 0.5) is 0 Å². The van der Waals surface area contributed by atoms with Crippen LogP contribution in [-0.2, 0) is 7.05 Å². The Labute approximate surface area is 99.6 Å². The molecule has 0 radical (unpaired) electrons. The van der Waals surface area contributed by atoms with Crippen molar-refractivity contribution in [1.29, 1.82) is 0 Å². The van der Waals surface area contributed by atoms with Crippen molar-refractivity contribution >= 4 is 22.5 Å². The van der Waals surface area contributed by atoms with Crippen molar-refractivity contribution < 1.29 is 5.11 Å². The first-order valence-electron chi connectivity index (χ1n) is 5.20. The third-order valence-corrected chi connectivity index (χ3v) is 2.98. The number of hydrogen-bond acceptors (Lipinski definition) is 2. The maximum atomic E-state index is 9.99. The second kappa shape index (κ2) is 4.45. The molecule has 16 heavy (non-hydrogen) atoms. The van der Waals surface area contributed by atoms with E-state index in [0.717, 1.165) is 16.5 Å². The number of aliphatic hydroxyl groups is 1. The van der Waals surface area contributed by atoms with E-state index in [4.69, 9.17) is 11.6 Å². The quantitative estimate of drug-likeness (QED) is 0.859. The van der Waals surface area contributed by atoms with E-state index in [2.05, 4.69) is 5.32 Å². The van der Waals surface area contributed by atoms with Crippen molar-refractivity contribution in [2.24, 2.45) is 7.05 Å². The molecule has 4 heteroatoms. The third kappa shape index (κ3) is 1.94. The third-order valence-electron chi connectivity index (χ3n) is 2.74. The summed E-state index contributed by atoms with van der Waals surface area (Å²) in [6, 6.07) is 5.71. The van der Waals surface area contributed by atoms with E-state index in [-0.39, 0.29) is 0 Å². The number of nitrogens with one attached hydrogen (secondary N) is 1. The number of halogens is 1. The van der Waals surface area contributed by atoms with Gasteiger partial charge in [-0.1, -0.05) is 17.7 Å². The molecule has 2 aromatic rings. The number of rotatable bonds is 3. The van der Waals surface area contributed by atoms with Crippen molar-refractivity contribution in [2.75, 3.05) is 13.6 Å². The zero-order valence-corrected chi connectivity index (χ0v) is 10.1. The van der Waals surface area contributed by atoms with Gasteiger partial charge in [0.25, 0.3) is 0 Å². The lowest BCUT2D eigenvalue weighted by Crippen LogP contribution is -2.16. The molecule has 1 aromatic heterocycles. The first kappa shape index (κ1) is 11.5. The molecule has 0 aliphatic carbocycles. The molecule has 0 amide bonds. The van der Waals surface area contributed by atoms with Gasteiger partial charge >= 0.3 is 0 Å². The van der Waals surface area contributed by atoms with Gasteiger partial charge in [0, 0.05) is 41.3 Å². The first-order valence-corrected chi connectivity index (χ1v) is 5.58. The smallest absolute Gasteiger partial charge is 0.0934 e. The van der Waals surface area contributed by atoms with Gasteiger partial charge in [-0.25, -0.2) is 0 Å². The van der Waals surface area contributed by atoms with Gasteiger partial charge in [0.2, 0.25) is 0 Å². The Morgan fingerprint density at radius 3 is 2.94 bits per heavy atom. The molecule has 1 unspecified atom stereocenters. The summed E-state index contributed by atoms with van der Waals surface area (Å²) in [5, 5.41) is 14.7. The van der Waals surface area contributed by atoms with Crippen molar-refractivity contribution in [3.8, 4) is 0 Å². The largest absolute Gasteiger partial charge is 0.387 e. The number of nitrogens with zero attached hydrogens (tertiary/aromatic N) is 1. The van der Waals surface area contributed by atoms with E-state index in [0.29, 0.717) is 11.6 Å². The summed E-state index contributed by atoms with van der Waals surface area (Å²) in [5.74, 6) is 0. The highest BCUT2D eigenvalue weighted by Crippen LogP contribution is 2.27. The van der Waals surface area contributed by atoms with Gasteiger partial charge in [-0.15, -0.1) is 0 Å². The predicted molar refractivity (Wildman–Crippen MR) is 66.8 cm³/mol. The number of benzene rings is 1. The summed E-state index contributed by atoms with van der Waals surface area (Å²) < 4.78 is 1.98. The second-order valence-corrected chi connectivity index (χ2v) is 4.37. The number of aromatic nitrogens is 1. The minimum absolute atomic E-state index is 0.491. The number of aliphatic hydroxyl groups excluding tert-OH is 1. The molecule has 0 saturated carbocycles. The van der Waals surface area contributed by atoms with Crippen LogP contribution in [0.1, 0.15) is 11.7 Å². The molecule has 0 saturated heterocycles. The van der Waals surface area contributed by atoms with E-state index < -0.39 is 6.10 Å². The molecular formula is C12H15ClN2O. The van der Waals surface area contributed by atoms with Gasteiger partial charge in [0.05, 0.1) is 6.10 Å². The van der Waals surface area contributed by atoms with Crippen molar-refractivity contribution in [3.63, 3.8) is 0 Å². The summed E-state index contributed by atoms with van der Waals surface area (Å²) >= 11 is 5.95. The Kier molecular flexibility index (Phi) is 3.19. The second-order valence-electron chi connectivity index (χ2n) is 3.93. The van der Waals surface area contributed by atoms with E-state index in [1.165, 1.54) is 0 Å². The number of aryl methyl sites for hydroxylation is 1. The van der Waals surface area contributed by atoms with Crippen LogP contribution in [0.2, 0.25) is 5.02 Å². The molecule has 2 N–H and O–H groups in total. The van der Waals surface area contributed by atoms with Gasteiger partial charge in [-0.2, -0.15) is 0 Å². The standard InChI is InChI=1S/C12H15ClN2O/c1-14-6-12(16)10-7-15(2)11-5-8(13)3-4-9(10)11/h3-5,7,12,14,16H,6H2,1-2H3. The van der Waals surface area contributed by atoms with Gasteiger partial charge in [-0.3, -0.25) is 0 Å². The van der Waals surface area contributed by atoms with Crippen LogP contribution in [0.5, 0.6) is 0 Å². The van der Waals surface area contributed by atoms with Gasteiger partial charge < -0.3 is 15.0 Å². The molecule has 0 bridgehead atoms. The lowest BCUT2D eigenvalue weighted by molar-refractivity contribution is 0.179. The molecule has 0 aliphatic rings. The minimum atomic E-state index is -0.491. The monoisotopic (exact) mass is 238 g/mol. The summed E-state index contributed by atoms with van der Waals surface area (Å²) in [5.41, 5.74) is 1.97. The maximum Gasteiger partial charge on any atom is 0.0934 e. The van der Waals surface area contributed by atoms with Gasteiger partial charge in [-0.05, 0) is 19.2 Å². The van der Waals surface area contributed by atoms with E-state index in [1.807, 2.05) is 43.1 Å². The number of hydrogen-bond donors (Lipinski definition) is 2. The predicted octanol–water partition coefficient (Wildman–Crippen LogP) is 2.08. The molecule has 0 fully saturated rings. The normalized spacial score (nSPS) is 13.2. The number of likely N-dealkylation sites (N-methyl/N-ethyl adjacent to an activating group) is 1. The molecule has 2 rings (SSSR count). The Morgan fingerprint density at radius 2 is 2.25 bits per heavy atom. The molecule has 0 spiro atoms. The van der Waals surface area contributed by atoms with Crippen LogP contribution in [0.3, 0.4) is 0 Å². The van der Waals surface area contributed by atoms with Gasteiger partial charge in [0.15, 0.2) is 0 Å². The fraction of sp³-hybridized carbons (Fsp3) is 0.333. The number of fused-ring (bicyclic) bond motifs is 1. The van der Waals surface area contributed by atoms with Crippen LogP contribution in [-0.4, -0.2) is 23.3 Å². The van der Waals surface area contributed by atoms with Crippen molar-refractivity contribution in [2.45, 2.75) is 6.10 Å². The van der Waals surface area contributed by atoms with Crippen molar-refractivity contribution in [1.82, 2.24) is 9.88 Å². The zero-order valence-electron chi connectivity index (χ0n) is 9.37. The van der Waals surface area contributed by atoms with E-state index >= 15 is 0 Å². The summed E-state index contributed by atoms with van der Waals surface area (Å²) in [7, 11) is 3.78. The Bertz CT molecular complexity index is 507. The summed E-state index contributed by atoms with van der Waals surface area (Å²) in [6.45, 7) is 0.543. The Balaban J connectivity index is 2.55. The highest BCUT2D eigenvalue weighted by atomic mass is 35.5. The van der Waals surface area contributed by atoms with E-state index in [9.17, 15) is 5.11 Å². The molecule has 1 aromatic carbocycles. The van der Waals surface area contributed by atoms with Crippen LogP contribution >= 0.6 is 11.6 Å². The average Bonchev–Trinajstić information content (AvgIpc) is 2.56. The SMILES string of the molecule is CNCC(O)c1cn(C)c2cc(Cl)ccc12. The highest BCUT2D eigenvalue weighted by Gasteiger charge is 2.13. The molecule has 86 valence electrons. The fourth-order valence-corrected chi connectivity index (χ4v) is 2.12. The lowest BCUT2D eigenvalue weighted by atomic mass is 10.1.